The third kappa shape index (κ3) is 2.15. The van der Waals surface area contributed by atoms with Crippen molar-refractivity contribution in [3.05, 3.63) is 17.5 Å². The van der Waals surface area contributed by atoms with Gasteiger partial charge in [-0.1, -0.05) is 0 Å². The Bertz CT molecular complexity index is 837. The van der Waals surface area contributed by atoms with E-state index in [1.165, 1.54) is 0 Å². The number of fused-ring (bicyclic) bond motifs is 1. The second kappa shape index (κ2) is 4.69. The van der Waals surface area contributed by atoms with Gasteiger partial charge in [0.05, 0.1) is 17.3 Å². The molecule has 1 N–H and O–H groups in total. The van der Waals surface area contributed by atoms with Crippen LogP contribution in [0.2, 0.25) is 0 Å². The molecular weight excluding hydrogens is 362 g/mol. The Hall–Kier alpha value is -1.60. The summed E-state index contributed by atoms with van der Waals surface area (Å²) in [4.78, 5) is 12.8. The highest BCUT2D eigenvalue weighted by Crippen LogP contribution is 2.82. The highest BCUT2D eigenvalue weighted by molar-refractivity contribution is 5.95. The zero-order valence-electron chi connectivity index (χ0n) is 15.5. The van der Waals surface area contributed by atoms with E-state index < -0.39 is 34.5 Å². The van der Waals surface area contributed by atoms with Gasteiger partial charge in [-0.3, -0.25) is 9.48 Å². The normalized spacial score (nSPS) is 41.7. The summed E-state index contributed by atoms with van der Waals surface area (Å²) in [6, 6.07) is -0.209. The van der Waals surface area contributed by atoms with Crippen molar-refractivity contribution >= 4 is 5.91 Å². The summed E-state index contributed by atoms with van der Waals surface area (Å²) in [6.07, 6.45) is -1.27. The Morgan fingerprint density at radius 2 is 1.93 bits per heavy atom. The van der Waals surface area contributed by atoms with Crippen LogP contribution in [0, 0.1) is 23.2 Å². The fraction of sp³-hybridized carbons (Fsp3) is 0.789. The first-order valence-corrected chi connectivity index (χ1v) is 9.52. The van der Waals surface area contributed by atoms with Crippen molar-refractivity contribution in [2.75, 3.05) is 0 Å². The van der Waals surface area contributed by atoms with Crippen molar-refractivity contribution in [3.8, 4) is 0 Å². The minimum atomic E-state index is -4.69. The van der Waals surface area contributed by atoms with E-state index in [-0.39, 0.29) is 29.2 Å². The van der Waals surface area contributed by atoms with Crippen LogP contribution in [0.15, 0.2) is 6.20 Å². The number of aromatic nitrogens is 2. The molecule has 1 heterocycles. The van der Waals surface area contributed by atoms with Gasteiger partial charge in [0.1, 0.15) is 5.67 Å². The van der Waals surface area contributed by atoms with E-state index in [1.807, 2.05) is 0 Å². The number of hydrogen-bond acceptors (Lipinski definition) is 2. The first-order valence-electron chi connectivity index (χ1n) is 9.52. The molecule has 0 aromatic carbocycles. The van der Waals surface area contributed by atoms with Crippen LogP contribution in [0.4, 0.5) is 17.6 Å². The Labute approximate surface area is 154 Å². The van der Waals surface area contributed by atoms with Gasteiger partial charge in [-0.2, -0.15) is 18.3 Å². The molecule has 27 heavy (non-hydrogen) atoms. The first-order chi connectivity index (χ1) is 12.4. The Morgan fingerprint density at radius 1 is 1.22 bits per heavy atom. The van der Waals surface area contributed by atoms with E-state index in [0.717, 1.165) is 17.3 Å². The maximum atomic E-state index is 14.8. The summed E-state index contributed by atoms with van der Waals surface area (Å²) in [5.74, 6) is -0.140. The fourth-order valence-electron chi connectivity index (χ4n) is 6.47. The van der Waals surface area contributed by atoms with Crippen LogP contribution in [0.1, 0.15) is 62.5 Å². The van der Waals surface area contributed by atoms with Gasteiger partial charge in [0.25, 0.3) is 5.91 Å². The third-order valence-corrected chi connectivity index (χ3v) is 7.42. The van der Waals surface area contributed by atoms with Crippen LogP contribution in [-0.4, -0.2) is 27.4 Å². The van der Waals surface area contributed by atoms with Gasteiger partial charge < -0.3 is 5.32 Å². The molecule has 4 unspecified atom stereocenters. The van der Waals surface area contributed by atoms with Crippen molar-refractivity contribution in [1.82, 2.24) is 15.1 Å². The zero-order chi connectivity index (χ0) is 19.6. The van der Waals surface area contributed by atoms with Gasteiger partial charge in [-0.25, -0.2) is 4.39 Å². The number of halogens is 4. The summed E-state index contributed by atoms with van der Waals surface area (Å²) in [5.41, 5.74) is -3.57. The Morgan fingerprint density at radius 3 is 2.56 bits per heavy atom. The molecule has 4 nitrogen and oxygen atoms in total. The van der Waals surface area contributed by atoms with Crippen molar-refractivity contribution in [2.45, 2.75) is 69.9 Å². The molecule has 0 radical (unpaired) electrons. The lowest BCUT2D eigenvalue weighted by molar-refractivity contribution is -0.146. The molecule has 0 saturated heterocycles. The summed E-state index contributed by atoms with van der Waals surface area (Å²) in [7, 11) is 0. The fourth-order valence-corrected chi connectivity index (χ4v) is 6.47. The van der Waals surface area contributed by atoms with Gasteiger partial charge in [0, 0.05) is 6.04 Å². The molecule has 148 valence electrons. The maximum Gasteiger partial charge on any atom is 0.433 e. The summed E-state index contributed by atoms with van der Waals surface area (Å²) in [5, 5.41) is 6.70. The highest BCUT2D eigenvalue weighted by atomic mass is 19.4. The van der Waals surface area contributed by atoms with Crippen molar-refractivity contribution in [1.29, 1.82) is 0 Å². The van der Waals surface area contributed by atoms with Crippen LogP contribution in [0.25, 0.3) is 0 Å². The van der Waals surface area contributed by atoms with E-state index in [0.29, 0.717) is 19.3 Å². The van der Waals surface area contributed by atoms with Crippen molar-refractivity contribution < 1.29 is 22.4 Å². The average Bonchev–Trinajstić information content (AvgIpc) is 2.99. The second-order valence-electron chi connectivity index (χ2n) is 9.99. The number of carbonyl (C=O) groups excluding carboxylic acids is 1. The van der Waals surface area contributed by atoms with Gasteiger partial charge in [-0.05, 0) is 69.6 Å². The van der Waals surface area contributed by atoms with Crippen LogP contribution in [0.5, 0.6) is 0 Å². The Kier molecular flexibility index (Phi) is 3.04. The van der Waals surface area contributed by atoms with Gasteiger partial charge in [0.2, 0.25) is 0 Å². The topological polar surface area (TPSA) is 46.9 Å². The minimum Gasteiger partial charge on any atom is -0.348 e. The zero-order valence-corrected chi connectivity index (χ0v) is 15.5. The molecule has 4 aliphatic carbocycles. The molecule has 1 aromatic heterocycles. The number of amides is 1. The SMILES string of the molecule is CC(C)(C)n1ncc(C(=O)N[C@@H]2C3C[C@]4(F)CC5CC52C3C4)c1C(F)(F)F. The van der Waals surface area contributed by atoms with E-state index in [2.05, 4.69) is 10.4 Å². The molecule has 4 fully saturated rings. The van der Waals surface area contributed by atoms with E-state index >= 15 is 0 Å². The van der Waals surface area contributed by atoms with E-state index in [1.54, 1.807) is 20.8 Å². The summed E-state index contributed by atoms with van der Waals surface area (Å²) in [6.45, 7) is 4.83. The monoisotopic (exact) mass is 385 g/mol. The number of nitrogens with zero attached hydrogens (tertiary/aromatic N) is 2. The molecule has 1 aromatic rings. The first kappa shape index (κ1) is 17.5. The summed E-state index contributed by atoms with van der Waals surface area (Å²) >= 11 is 0. The van der Waals surface area contributed by atoms with Crippen molar-refractivity contribution in [2.24, 2.45) is 23.2 Å². The predicted octanol–water partition coefficient (Wildman–Crippen LogP) is 3.91. The largest absolute Gasteiger partial charge is 0.433 e. The number of nitrogens with one attached hydrogen (secondary N) is 1. The van der Waals surface area contributed by atoms with E-state index in [9.17, 15) is 22.4 Å². The molecule has 1 amide bonds. The van der Waals surface area contributed by atoms with Gasteiger partial charge in [-0.15, -0.1) is 0 Å². The van der Waals surface area contributed by atoms with E-state index in [4.69, 9.17) is 0 Å². The predicted molar refractivity (Wildman–Crippen MR) is 88.7 cm³/mol. The number of carbonyl (C=O) groups is 1. The number of rotatable bonds is 2. The van der Waals surface area contributed by atoms with Gasteiger partial charge in [0.15, 0.2) is 5.69 Å². The summed E-state index contributed by atoms with van der Waals surface area (Å²) < 4.78 is 56.7. The molecule has 2 bridgehead atoms. The number of hydrogen-bond donors (Lipinski definition) is 1. The third-order valence-electron chi connectivity index (χ3n) is 7.42. The molecule has 1 spiro atoms. The smallest absolute Gasteiger partial charge is 0.348 e. The van der Waals surface area contributed by atoms with Crippen molar-refractivity contribution in [3.63, 3.8) is 0 Å². The molecule has 4 saturated carbocycles. The molecule has 8 heteroatoms. The molecule has 5 rings (SSSR count). The molecular formula is C19H23F4N3O. The van der Waals surface area contributed by atoms with Gasteiger partial charge >= 0.3 is 6.18 Å². The standard InChI is InChI=1S/C19H23F4N3O/c1-16(2,3)26-14(19(21,22)23)11(8-24-26)15(27)25-13-10-6-17(20)4-9-5-18(9,13)12(10)7-17/h8-10,12-13H,4-7H2,1-3H3,(H,25,27)/t9?,10?,12?,13-,17-,18?/m1/s1. The second-order valence-corrected chi connectivity index (χ2v) is 9.99. The quantitative estimate of drug-likeness (QED) is 0.785. The van der Waals surface area contributed by atoms with Crippen LogP contribution < -0.4 is 5.32 Å². The average molecular weight is 385 g/mol. The molecule has 0 aliphatic heterocycles. The number of alkyl halides is 4. The molecule has 4 aliphatic rings. The lowest BCUT2D eigenvalue weighted by Gasteiger charge is -2.51. The minimum absolute atomic E-state index is 0.0541. The highest BCUT2D eigenvalue weighted by Gasteiger charge is 2.81. The van der Waals surface area contributed by atoms with Crippen LogP contribution >= 0.6 is 0 Å². The Balaban J connectivity index is 1.45. The lowest BCUT2D eigenvalue weighted by Crippen LogP contribution is -2.60. The maximum absolute atomic E-state index is 14.8. The molecule has 6 atom stereocenters. The van der Waals surface area contributed by atoms with Crippen LogP contribution in [-0.2, 0) is 11.7 Å². The van der Waals surface area contributed by atoms with Crippen LogP contribution in [0.3, 0.4) is 0 Å². The lowest BCUT2D eigenvalue weighted by atomic mass is 9.57.